The van der Waals surface area contributed by atoms with Crippen LogP contribution in [-0.2, 0) is 0 Å². The molecule has 2 saturated heterocycles. The van der Waals surface area contributed by atoms with Gasteiger partial charge in [0.2, 0.25) is 0 Å². The molecule has 3 fully saturated rings. The Hall–Kier alpha value is -3.94. The molecular formula is C27H25N5O3. The third-order valence-corrected chi connectivity index (χ3v) is 8.36. The number of aromatic nitrogens is 3. The molecule has 2 aliphatic heterocycles. The van der Waals surface area contributed by atoms with Gasteiger partial charge in [0.05, 0.1) is 7.11 Å². The molecular weight excluding hydrogens is 442 g/mol. The number of carbonyl (C=O) groups excluding carboxylic acids is 2. The molecule has 4 atom stereocenters. The first-order valence-electron chi connectivity index (χ1n) is 12.1. The summed E-state index contributed by atoms with van der Waals surface area (Å²) in [5.41, 5.74) is 2.85. The van der Waals surface area contributed by atoms with E-state index in [2.05, 4.69) is 15.4 Å². The maximum Gasteiger partial charge on any atom is 0.253 e. The predicted molar refractivity (Wildman–Crippen MR) is 130 cm³/mol. The molecule has 1 aromatic heterocycles. The molecule has 7 rings (SSSR count). The first kappa shape index (κ1) is 20.4. The van der Waals surface area contributed by atoms with Gasteiger partial charge in [-0.15, -0.1) is 0 Å². The highest BCUT2D eigenvalue weighted by Gasteiger charge is 2.59. The summed E-state index contributed by atoms with van der Waals surface area (Å²) in [4.78, 5) is 30.5. The number of nitrogens with one attached hydrogen (secondary N) is 1. The number of fused-ring (bicyclic) bond motifs is 6. The van der Waals surface area contributed by atoms with E-state index in [0.717, 1.165) is 53.8 Å². The molecule has 3 aliphatic rings. The summed E-state index contributed by atoms with van der Waals surface area (Å²) in [6, 6.07) is 17.2. The Labute approximate surface area is 201 Å². The topological polar surface area (TPSA) is 91.4 Å². The third-order valence-electron chi connectivity index (χ3n) is 8.36. The van der Waals surface area contributed by atoms with Crippen LogP contribution < -0.4 is 4.74 Å². The summed E-state index contributed by atoms with van der Waals surface area (Å²) in [7, 11) is 1.66. The van der Waals surface area contributed by atoms with Crippen molar-refractivity contribution in [1.29, 1.82) is 0 Å². The average molecular weight is 468 g/mol. The van der Waals surface area contributed by atoms with Crippen molar-refractivity contribution in [3.63, 3.8) is 0 Å². The smallest absolute Gasteiger partial charge is 0.253 e. The van der Waals surface area contributed by atoms with Crippen LogP contribution in [0.3, 0.4) is 0 Å². The lowest BCUT2D eigenvalue weighted by Gasteiger charge is -2.42. The van der Waals surface area contributed by atoms with Gasteiger partial charge in [0.1, 0.15) is 16.8 Å². The number of likely N-dealkylation sites (tertiary alicyclic amines) is 2. The number of nitrogens with zero attached hydrogens (tertiary/aromatic N) is 4. The fourth-order valence-electron chi connectivity index (χ4n) is 6.53. The molecule has 1 saturated carbocycles. The van der Waals surface area contributed by atoms with E-state index >= 15 is 0 Å². The first-order valence-corrected chi connectivity index (χ1v) is 12.1. The lowest BCUT2D eigenvalue weighted by atomic mass is 9.60. The summed E-state index contributed by atoms with van der Waals surface area (Å²) >= 11 is 0. The van der Waals surface area contributed by atoms with Crippen molar-refractivity contribution >= 4 is 33.6 Å². The summed E-state index contributed by atoms with van der Waals surface area (Å²) in [6.07, 6.45) is 0. The highest BCUT2D eigenvalue weighted by molar-refractivity contribution is 5.99. The normalized spacial score (nSPS) is 24.9. The molecule has 0 spiro atoms. The fourth-order valence-corrected chi connectivity index (χ4v) is 6.53. The molecule has 3 aromatic carbocycles. The van der Waals surface area contributed by atoms with Gasteiger partial charge in [-0.2, -0.15) is 15.4 Å². The van der Waals surface area contributed by atoms with E-state index in [1.54, 1.807) is 7.11 Å². The fraction of sp³-hybridized carbons (Fsp3) is 0.333. The minimum Gasteiger partial charge on any atom is -0.497 e. The van der Waals surface area contributed by atoms with Gasteiger partial charge in [-0.05, 0) is 76.9 Å². The van der Waals surface area contributed by atoms with Crippen LogP contribution in [0.2, 0.25) is 0 Å². The highest BCUT2D eigenvalue weighted by Crippen LogP contribution is 2.54. The van der Waals surface area contributed by atoms with Crippen LogP contribution in [0.5, 0.6) is 5.75 Å². The van der Waals surface area contributed by atoms with Crippen molar-refractivity contribution in [2.24, 2.45) is 23.7 Å². The quantitative estimate of drug-likeness (QED) is 0.500. The molecule has 8 nitrogen and oxygen atoms in total. The van der Waals surface area contributed by atoms with Crippen LogP contribution in [0.4, 0.5) is 0 Å². The SMILES string of the molecule is COc1ccc2cc(C(=O)N3CC4C(C3)[C@@H]3CN(C(=O)c5ccc6n[nH]nc6c5)C[C@H]43)ccc2c1. The zero-order valence-electron chi connectivity index (χ0n) is 19.3. The van der Waals surface area contributed by atoms with Crippen molar-refractivity contribution in [2.45, 2.75) is 0 Å². The minimum absolute atomic E-state index is 0.0584. The van der Waals surface area contributed by atoms with E-state index in [4.69, 9.17) is 4.74 Å². The summed E-state index contributed by atoms with van der Waals surface area (Å²) in [5.74, 6) is 2.87. The van der Waals surface area contributed by atoms with E-state index in [1.807, 2.05) is 64.4 Å². The highest BCUT2D eigenvalue weighted by atomic mass is 16.5. The van der Waals surface area contributed by atoms with Crippen LogP contribution in [0.25, 0.3) is 21.8 Å². The second-order valence-electron chi connectivity index (χ2n) is 10.0. The molecule has 2 unspecified atom stereocenters. The number of rotatable bonds is 3. The average Bonchev–Trinajstić information content (AvgIpc) is 3.61. The molecule has 176 valence electrons. The summed E-state index contributed by atoms with van der Waals surface area (Å²) in [6.45, 7) is 3.08. The molecule has 1 N–H and O–H groups in total. The Bertz CT molecular complexity index is 1480. The lowest BCUT2D eigenvalue weighted by Crippen LogP contribution is -2.44. The lowest BCUT2D eigenvalue weighted by molar-refractivity contribution is 0.0629. The van der Waals surface area contributed by atoms with Gasteiger partial charge in [-0.25, -0.2) is 0 Å². The van der Waals surface area contributed by atoms with E-state index in [1.165, 1.54) is 0 Å². The van der Waals surface area contributed by atoms with Crippen LogP contribution in [0.15, 0.2) is 54.6 Å². The monoisotopic (exact) mass is 467 g/mol. The maximum absolute atomic E-state index is 13.3. The molecule has 3 heterocycles. The van der Waals surface area contributed by atoms with Crippen molar-refractivity contribution in [2.75, 3.05) is 33.3 Å². The van der Waals surface area contributed by atoms with Crippen molar-refractivity contribution in [3.8, 4) is 5.75 Å². The van der Waals surface area contributed by atoms with E-state index in [-0.39, 0.29) is 11.8 Å². The first-order chi connectivity index (χ1) is 17.1. The molecule has 2 amide bonds. The molecule has 4 aromatic rings. The van der Waals surface area contributed by atoms with Crippen molar-refractivity contribution in [3.05, 3.63) is 65.7 Å². The standard InChI is InChI=1S/C27H25N5O3/c1-35-19-6-4-15-8-17(3-2-16(15)9-19)26(33)31-11-20-21(12-31)23-14-32(13-22(20)23)27(34)18-5-7-24-25(10-18)29-30-28-24/h2-10,20-23H,11-14H2,1H3,(H,28,29,30)/t20?,21?,22-,23+. The van der Waals surface area contributed by atoms with Gasteiger partial charge < -0.3 is 14.5 Å². The maximum atomic E-state index is 13.3. The number of H-pyrrole nitrogens is 1. The predicted octanol–water partition coefficient (Wildman–Crippen LogP) is 3.21. The van der Waals surface area contributed by atoms with Crippen molar-refractivity contribution in [1.82, 2.24) is 25.2 Å². The second kappa shape index (κ2) is 7.53. The number of hydrogen-bond acceptors (Lipinski definition) is 5. The van der Waals surface area contributed by atoms with Crippen LogP contribution in [0.1, 0.15) is 20.7 Å². The van der Waals surface area contributed by atoms with E-state index < -0.39 is 0 Å². The number of carbonyl (C=O) groups is 2. The van der Waals surface area contributed by atoms with Crippen LogP contribution in [-0.4, -0.2) is 70.3 Å². The zero-order valence-corrected chi connectivity index (χ0v) is 19.3. The number of methoxy groups -OCH3 is 1. The van der Waals surface area contributed by atoms with Gasteiger partial charge in [0, 0.05) is 37.3 Å². The van der Waals surface area contributed by atoms with Crippen LogP contribution in [0, 0.1) is 23.7 Å². The third kappa shape index (κ3) is 3.12. The van der Waals surface area contributed by atoms with Gasteiger partial charge in [0.25, 0.3) is 11.8 Å². The van der Waals surface area contributed by atoms with E-state index in [9.17, 15) is 9.59 Å². The molecule has 35 heavy (non-hydrogen) atoms. The Balaban J connectivity index is 1.03. The summed E-state index contributed by atoms with van der Waals surface area (Å²) < 4.78 is 5.30. The Morgan fingerprint density at radius 2 is 1.29 bits per heavy atom. The number of ether oxygens (including phenoxy) is 1. The number of amides is 2. The molecule has 0 radical (unpaired) electrons. The molecule has 0 bridgehead atoms. The summed E-state index contributed by atoms with van der Waals surface area (Å²) in [5, 5.41) is 12.9. The second-order valence-corrected chi connectivity index (χ2v) is 10.0. The zero-order chi connectivity index (χ0) is 23.7. The van der Waals surface area contributed by atoms with Gasteiger partial charge in [-0.1, -0.05) is 12.1 Å². The number of aromatic amines is 1. The minimum atomic E-state index is 0.0584. The number of benzene rings is 3. The number of hydrogen-bond donors (Lipinski definition) is 1. The van der Waals surface area contributed by atoms with Crippen molar-refractivity contribution < 1.29 is 14.3 Å². The Morgan fingerprint density at radius 1 is 0.743 bits per heavy atom. The molecule has 8 heteroatoms. The van der Waals surface area contributed by atoms with Crippen LogP contribution >= 0.6 is 0 Å². The van der Waals surface area contributed by atoms with Gasteiger partial charge >= 0.3 is 0 Å². The van der Waals surface area contributed by atoms with Gasteiger partial charge in [0.15, 0.2) is 0 Å². The largest absolute Gasteiger partial charge is 0.497 e. The van der Waals surface area contributed by atoms with E-state index in [0.29, 0.717) is 34.8 Å². The Kier molecular flexibility index (Phi) is 4.40. The van der Waals surface area contributed by atoms with Gasteiger partial charge in [-0.3, -0.25) is 9.59 Å². The molecule has 1 aliphatic carbocycles. The Morgan fingerprint density at radius 3 is 1.94 bits per heavy atom.